The smallest absolute Gasteiger partial charge is 0.310 e. The molecule has 1 aliphatic rings. The van der Waals surface area contributed by atoms with E-state index in [1.807, 2.05) is 6.07 Å². The number of hydrogen-bond donors (Lipinski definition) is 1. The van der Waals surface area contributed by atoms with Gasteiger partial charge in [-0.15, -0.1) is 0 Å². The number of halogens is 4. The van der Waals surface area contributed by atoms with E-state index in [-0.39, 0.29) is 28.6 Å². The van der Waals surface area contributed by atoms with Gasteiger partial charge < -0.3 is 4.98 Å². The highest BCUT2D eigenvalue weighted by atomic mass is 19.4. The van der Waals surface area contributed by atoms with Gasteiger partial charge >= 0.3 is 6.18 Å². The number of nitrogens with zero attached hydrogens (tertiary/aromatic N) is 6. The third kappa shape index (κ3) is 3.92. The van der Waals surface area contributed by atoms with Gasteiger partial charge in [-0.25, -0.2) is 14.1 Å². The van der Waals surface area contributed by atoms with E-state index in [0.29, 0.717) is 17.1 Å². The van der Waals surface area contributed by atoms with Gasteiger partial charge in [0.25, 0.3) is 5.56 Å². The van der Waals surface area contributed by atoms with Gasteiger partial charge in [0.2, 0.25) is 0 Å². The van der Waals surface area contributed by atoms with Crippen LogP contribution in [0.5, 0.6) is 0 Å². The van der Waals surface area contributed by atoms with Gasteiger partial charge in [-0.3, -0.25) is 14.8 Å². The molecule has 1 N–H and O–H groups in total. The number of aromatic amines is 1. The number of H-pyrrole nitrogens is 1. The molecule has 4 aromatic heterocycles. The maximum atomic E-state index is 13.3. The molecule has 0 aliphatic heterocycles. The van der Waals surface area contributed by atoms with Gasteiger partial charge in [0.05, 0.1) is 12.2 Å². The predicted molar refractivity (Wildman–Crippen MR) is 115 cm³/mol. The van der Waals surface area contributed by atoms with Crippen LogP contribution in [0.4, 0.5) is 17.6 Å². The average Bonchev–Trinajstić information content (AvgIpc) is 3.18. The Bertz CT molecular complexity index is 1500. The maximum absolute atomic E-state index is 13.3. The number of alkyl halides is 3. The standard InChI is InChI=1S/C23H17F4N7O/c1-11(12-2-7-18(30-9-12)23(25,26)27)34-21-19(17(8-28)33-34)22(35)32-20(31-21)15-5-4-14(15)16-6-3-13(24)10-29-16/h2-3,6-7,9-11,14-15H,4-5H2,1H3,(H,31,32,35)/t11-,14+,15+/m0/s1. The predicted octanol–water partition coefficient (Wildman–Crippen LogP) is 4.21. The average molecular weight is 483 g/mol. The first-order chi connectivity index (χ1) is 16.7. The molecule has 4 heterocycles. The lowest BCUT2D eigenvalue weighted by Crippen LogP contribution is -2.27. The molecule has 178 valence electrons. The Morgan fingerprint density at radius 1 is 1.14 bits per heavy atom. The second kappa shape index (κ2) is 8.26. The second-order valence-electron chi connectivity index (χ2n) is 8.40. The zero-order chi connectivity index (χ0) is 24.9. The van der Waals surface area contributed by atoms with Gasteiger partial charge in [-0.1, -0.05) is 6.07 Å². The normalized spacial score (nSPS) is 18.7. The summed E-state index contributed by atoms with van der Waals surface area (Å²) in [6.45, 7) is 1.66. The van der Waals surface area contributed by atoms with Crippen LogP contribution < -0.4 is 5.56 Å². The van der Waals surface area contributed by atoms with Crippen molar-refractivity contribution in [1.29, 1.82) is 5.26 Å². The molecule has 4 aromatic rings. The number of nitrogens with one attached hydrogen (secondary N) is 1. The van der Waals surface area contributed by atoms with E-state index in [4.69, 9.17) is 0 Å². The molecule has 35 heavy (non-hydrogen) atoms. The Kier molecular flexibility index (Phi) is 5.35. The fourth-order valence-electron chi connectivity index (χ4n) is 4.34. The van der Waals surface area contributed by atoms with Gasteiger partial charge in [-0.2, -0.15) is 23.5 Å². The number of fused-ring (bicyclic) bond motifs is 1. The molecule has 0 radical (unpaired) electrons. The van der Waals surface area contributed by atoms with Crippen molar-refractivity contribution in [1.82, 2.24) is 29.7 Å². The molecular formula is C23H17F4N7O. The van der Waals surface area contributed by atoms with E-state index in [1.54, 1.807) is 13.0 Å². The van der Waals surface area contributed by atoms with Crippen LogP contribution in [0, 0.1) is 17.1 Å². The molecule has 0 unspecified atom stereocenters. The van der Waals surface area contributed by atoms with Crippen molar-refractivity contribution in [2.45, 2.75) is 43.8 Å². The van der Waals surface area contributed by atoms with Gasteiger partial charge in [0.1, 0.15) is 28.8 Å². The third-order valence-electron chi connectivity index (χ3n) is 6.37. The van der Waals surface area contributed by atoms with Crippen molar-refractivity contribution in [2.24, 2.45) is 0 Å². The Morgan fingerprint density at radius 2 is 1.91 bits per heavy atom. The topological polar surface area (TPSA) is 113 Å². The Hall–Kier alpha value is -4.14. The zero-order valence-corrected chi connectivity index (χ0v) is 18.2. The summed E-state index contributed by atoms with van der Waals surface area (Å²) in [6.07, 6.45) is -0.852. The van der Waals surface area contributed by atoms with Gasteiger partial charge in [0, 0.05) is 23.7 Å². The van der Waals surface area contributed by atoms with Crippen molar-refractivity contribution in [2.75, 3.05) is 0 Å². The van der Waals surface area contributed by atoms with Crippen molar-refractivity contribution >= 4 is 11.0 Å². The van der Waals surface area contributed by atoms with E-state index in [9.17, 15) is 27.6 Å². The fraction of sp³-hybridized carbons (Fsp3) is 0.304. The Morgan fingerprint density at radius 3 is 2.49 bits per heavy atom. The summed E-state index contributed by atoms with van der Waals surface area (Å²) < 4.78 is 53.3. The minimum absolute atomic E-state index is 0.00116. The Labute approximate surface area is 195 Å². The first kappa shape index (κ1) is 22.6. The number of nitriles is 1. The van der Waals surface area contributed by atoms with Crippen LogP contribution in [0.25, 0.3) is 11.0 Å². The highest BCUT2D eigenvalue weighted by molar-refractivity contribution is 5.80. The number of rotatable bonds is 4. The summed E-state index contributed by atoms with van der Waals surface area (Å²) in [6, 6.07) is 6.28. The maximum Gasteiger partial charge on any atom is 0.433 e. The SMILES string of the molecule is C[C@@H](c1ccc(C(F)(F)F)nc1)n1nc(C#N)c2c(=O)[nH]c([C@@H]3CC[C@H]3c3ccc(F)cn3)nc21. The number of aromatic nitrogens is 6. The second-order valence-corrected chi connectivity index (χ2v) is 8.40. The molecular weight excluding hydrogens is 466 g/mol. The van der Waals surface area contributed by atoms with Crippen LogP contribution in [0.1, 0.15) is 66.1 Å². The van der Waals surface area contributed by atoms with Crippen LogP contribution in [0.15, 0.2) is 41.5 Å². The monoisotopic (exact) mass is 483 g/mol. The molecule has 1 aliphatic carbocycles. The van der Waals surface area contributed by atoms with Crippen LogP contribution in [-0.4, -0.2) is 29.7 Å². The van der Waals surface area contributed by atoms with Gasteiger partial charge in [0.15, 0.2) is 11.3 Å². The summed E-state index contributed by atoms with van der Waals surface area (Å²) in [5.74, 6) is -0.313. The number of pyridine rings is 2. The molecule has 8 nitrogen and oxygen atoms in total. The summed E-state index contributed by atoms with van der Waals surface area (Å²) >= 11 is 0. The molecule has 5 rings (SSSR count). The summed E-state index contributed by atoms with van der Waals surface area (Å²) in [5, 5.41) is 13.7. The quantitative estimate of drug-likeness (QED) is 0.435. The number of hydrogen-bond acceptors (Lipinski definition) is 6. The molecule has 0 bridgehead atoms. The molecule has 0 saturated heterocycles. The molecule has 1 fully saturated rings. The van der Waals surface area contributed by atoms with Crippen LogP contribution in [0.2, 0.25) is 0 Å². The van der Waals surface area contributed by atoms with E-state index in [0.717, 1.165) is 31.3 Å². The molecule has 0 spiro atoms. The Balaban J connectivity index is 1.56. The molecule has 1 saturated carbocycles. The van der Waals surface area contributed by atoms with Crippen molar-refractivity contribution < 1.29 is 17.6 Å². The molecule has 0 aromatic carbocycles. The molecule has 3 atom stereocenters. The van der Waals surface area contributed by atoms with Crippen molar-refractivity contribution in [3.63, 3.8) is 0 Å². The highest BCUT2D eigenvalue weighted by Crippen LogP contribution is 2.47. The van der Waals surface area contributed by atoms with E-state index in [2.05, 4.69) is 25.0 Å². The largest absolute Gasteiger partial charge is 0.433 e. The van der Waals surface area contributed by atoms with Crippen LogP contribution >= 0.6 is 0 Å². The minimum Gasteiger partial charge on any atom is -0.310 e. The van der Waals surface area contributed by atoms with Gasteiger partial charge in [-0.05, 0) is 43.5 Å². The minimum atomic E-state index is -4.57. The van der Waals surface area contributed by atoms with Crippen LogP contribution in [0.3, 0.4) is 0 Å². The summed E-state index contributed by atoms with van der Waals surface area (Å²) in [4.78, 5) is 27.9. The lowest BCUT2D eigenvalue weighted by molar-refractivity contribution is -0.141. The van der Waals surface area contributed by atoms with Crippen molar-refractivity contribution in [3.8, 4) is 6.07 Å². The van der Waals surface area contributed by atoms with Crippen LogP contribution in [-0.2, 0) is 6.18 Å². The molecule has 12 heteroatoms. The summed E-state index contributed by atoms with van der Waals surface area (Å²) in [7, 11) is 0. The van der Waals surface area contributed by atoms with E-state index in [1.165, 1.54) is 16.8 Å². The lowest BCUT2D eigenvalue weighted by Gasteiger charge is -2.35. The zero-order valence-electron chi connectivity index (χ0n) is 18.2. The van der Waals surface area contributed by atoms with E-state index < -0.39 is 29.3 Å². The summed E-state index contributed by atoms with van der Waals surface area (Å²) in [5.41, 5.74) is -0.488. The lowest BCUT2D eigenvalue weighted by atomic mass is 9.71. The first-order valence-corrected chi connectivity index (χ1v) is 10.7. The third-order valence-corrected chi connectivity index (χ3v) is 6.37. The molecule has 0 amide bonds. The first-order valence-electron chi connectivity index (χ1n) is 10.7. The van der Waals surface area contributed by atoms with Crippen molar-refractivity contribution in [3.05, 3.63) is 81.3 Å². The fourth-order valence-corrected chi connectivity index (χ4v) is 4.34. The van der Waals surface area contributed by atoms with E-state index >= 15 is 0 Å². The highest BCUT2D eigenvalue weighted by Gasteiger charge is 2.37.